The van der Waals surface area contributed by atoms with Gasteiger partial charge in [-0.25, -0.2) is 0 Å². The minimum atomic E-state index is -1.09. The molecular weight excluding hydrogens is 262 g/mol. The maximum atomic E-state index is 11.3. The molecule has 20 heavy (non-hydrogen) atoms. The summed E-state index contributed by atoms with van der Waals surface area (Å²) in [6, 6.07) is 4.76. The van der Waals surface area contributed by atoms with Gasteiger partial charge in [0.2, 0.25) is 5.91 Å². The Hall–Kier alpha value is -2.15. The van der Waals surface area contributed by atoms with Crippen molar-refractivity contribution < 1.29 is 14.5 Å². The van der Waals surface area contributed by atoms with Crippen LogP contribution in [0.5, 0.6) is 5.75 Å². The fourth-order valence-corrected chi connectivity index (χ4v) is 1.54. The van der Waals surface area contributed by atoms with Crippen LogP contribution in [0.4, 0.5) is 5.69 Å². The number of ether oxygens (including phenoxy) is 1. The number of nitro benzene ring substituents is 1. The monoisotopic (exact) mass is 281 g/mol. The number of benzene rings is 1. The molecule has 0 radical (unpaired) electrons. The van der Waals surface area contributed by atoms with Crippen molar-refractivity contribution in [3.63, 3.8) is 0 Å². The Morgan fingerprint density at radius 1 is 1.55 bits per heavy atom. The second kappa shape index (κ2) is 6.33. The molecule has 3 N–H and O–H groups in total. The second-order valence-corrected chi connectivity index (χ2v) is 4.65. The summed E-state index contributed by atoms with van der Waals surface area (Å²) in [6.07, 6.45) is 0.691. The maximum absolute atomic E-state index is 11.3. The van der Waals surface area contributed by atoms with Gasteiger partial charge in [-0.15, -0.1) is 0 Å². The number of rotatable bonds is 7. The molecule has 0 aliphatic carbocycles. The third-order valence-electron chi connectivity index (χ3n) is 3.24. The molecule has 1 amide bonds. The first-order valence-corrected chi connectivity index (χ1v) is 6.23. The SMILES string of the molecule is CCc1ccc(OCC(C)(NC)C(N)=O)c([N+](=O)[O-])c1. The van der Waals surface area contributed by atoms with Gasteiger partial charge >= 0.3 is 5.69 Å². The summed E-state index contributed by atoms with van der Waals surface area (Å²) in [4.78, 5) is 21.9. The van der Waals surface area contributed by atoms with E-state index in [9.17, 15) is 14.9 Å². The normalized spacial score (nSPS) is 13.6. The van der Waals surface area contributed by atoms with Gasteiger partial charge in [0.15, 0.2) is 5.75 Å². The van der Waals surface area contributed by atoms with Crippen LogP contribution in [0.3, 0.4) is 0 Å². The molecule has 1 unspecified atom stereocenters. The fraction of sp³-hybridized carbons (Fsp3) is 0.462. The van der Waals surface area contributed by atoms with Crippen LogP contribution in [0.15, 0.2) is 18.2 Å². The minimum Gasteiger partial charge on any atom is -0.484 e. The highest BCUT2D eigenvalue weighted by Crippen LogP contribution is 2.28. The molecule has 110 valence electrons. The van der Waals surface area contributed by atoms with Crippen molar-refractivity contribution >= 4 is 11.6 Å². The van der Waals surface area contributed by atoms with Gasteiger partial charge in [-0.2, -0.15) is 0 Å². The van der Waals surface area contributed by atoms with E-state index in [1.807, 2.05) is 6.92 Å². The Morgan fingerprint density at radius 2 is 2.20 bits per heavy atom. The standard InChI is InChI=1S/C13H19N3O4/c1-4-9-5-6-11(10(7-9)16(18)19)20-8-13(2,15-3)12(14)17/h5-7,15H,4,8H2,1-3H3,(H2,14,17). The van der Waals surface area contributed by atoms with E-state index in [1.54, 1.807) is 20.0 Å². The molecule has 0 spiro atoms. The Bertz CT molecular complexity index is 518. The summed E-state index contributed by atoms with van der Waals surface area (Å²) >= 11 is 0. The molecule has 1 aromatic rings. The minimum absolute atomic E-state index is 0.0921. The molecule has 0 aromatic heterocycles. The van der Waals surface area contributed by atoms with Gasteiger partial charge in [-0.05, 0) is 32.0 Å². The lowest BCUT2D eigenvalue weighted by Gasteiger charge is -2.25. The van der Waals surface area contributed by atoms with Crippen molar-refractivity contribution in [3.05, 3.63) is 33.9 Å². The average Bonchev–Trinajstić information content (AvgIpc) is 2.44. The van der Waals surface area contributed by atoms with Crippen molar-refractivity contribution in [2.24, 2.45) is 5.73 Å². The Kier molecular flexibility index (Phi) is 5.04. The predicted molar refractivity (Wildman–Crippen MR) is 74.6 cm³/mol. The maximum Gasteiger partial charge on any atom is 0.311 e. The molecule has 0 bridgehead atoms. The van der Waals surface area contributed by atoms with Crippen LogP contribution in [0.1, 0.15) is 19.4 Å². The number of aryl methyl sites for hydroxylation is 1. The van der Waals surface area contributed by atoms with Gasteiger partial charge in [0, 0.05) is 6.07 Å². The van der Waals surface area contributed by atoms with Crippen molar-refractivity contribution in [1.82, 2.24) is 5.32 Å². The highest BCUT2D eigenvalue weighted by atomic mass is 16.6. The van der Waals surface area contributed by atoms with Crippen LogP contribution in [0.25, 0.3) is 0 Å². The van der Waals surface area contributed by atoms with Crippen molar-refractivity contribution in [2.45, 2.75) is 25.8 Å². The number of likely N-dealkylation sites (N-methyl/N-ethyl adjacent to an activating group) is 1. The first-order chi connectivity index (χ1) is 9.34. The molecule has 7 nitrogen and oxygen atoms in total. The molecule has 1 aromatic carbocycles. The number of carbonyl (C=O) groups excluding carboxylic acids is 1. The van der Waals surface area contributed by atoms with E-state index in [0.717, 1.165) is 5.56 Å². The van der Waals surface area contributed by atoms with Gasteiger partial charge in [0.05, 0.1) is 4.92 Å². The number of nitrogens with two attached hydrogens (primary N) is 1. The zero-order chi connectivity index (χ0) is 15.3. The lowest BCUT2D eigenvalue weighted by molar-refractivity contribution is -0.386. The lowest BCUT2D eigenvalue weighted by Crippen LogP contribution is -2.55. The van der Waals surface area contributed by atoms with Crippen LogP contribution in [-0.2, 0) is 11.2 Å². The van der Waals surface area contributed by atoms with Crippen LogP contribution >= 0.6 is 0 Å². The third-order valence-corrected chi connectivity index (χ3v) is 3.24. The van der Waals surface area contributed by atoms with Gasteiger partial charge < -0.3 is 15.8 Å². The van der Waals surface area contributed by atoms with Gasteiger partial charge in [-0.3, -0.25) is 14.9 Å². The topological polar surface area (TPSA) is 107 Å². The Labute approximate surface area is 117 Å². The number of hydrogen-bond donors (Lipinski definition) is 2. The first-order valence-electron chi connectivity index (χ1n) is 6.23. The van der Waals surface area contributed by atoms with Crippen molar-refractivity contribution in [1.29, 1.82) is 0 Å². The molecule has 0 aliphatic rings. The average molecular weight is 281 g/mol. The van der Waals surface area contributed by atoms with E-state index in [2.05, 4.69) is 5.32 Å². The van der Waals surface area contributed by atoms with Crippen LogP contribution in [-0.4, -0.2) is 30.0 Å². The Balaban J connectivity index is 2.98. The summed E-state index contributed by atoms with van der Waals surface area (Å²) < 4.78 is 5.41. The summed E-state index contributed by atoms with van der Waals surface area (Å²) in [5, 5.41) is 13.8. The molecule has 7 heteroatoms. The molecule has 0 aliphatic heterocycles. The van der Waals surface area contributed by atoms with Gasteiger partial charge in [-0.1, -0.05) is 13.0 Å². The number of hydrogen-bond acceptors (Lipinski definition) is 5. The van der Waals surface area contributed by atoms with E-state index < -0.39 is 16.4 Å². The highest BCUT2D eigenvalue weighted by molar-refractivity contribution is 5.84. The molecule has 1 atom stereocenters. The van der Waals surface area contributed by atoms with E-state index in [-0.39, 0.29) is 18.0 Å². The number of amides is 1. The number of carbonyl (C=O) groups is 1. The van der Waals surface area contributed by atoms with E-state index in [1.165, 1.54) is 12.1 Å². The van der Waals surface area contributed by atoms with E-state index in [0.29, 0.717) is 6.42 Å². The zero-order valence-electron chi connectivity index (χ0n) is 11.8. The van der Waals surface area contributed by atoms with Crippen molar-refractivity contribution in [3.8, 4) is 5.75 Å². The number of nitrogens with one attached hydrogen (secondary N) is 1. The molecular formula is C13H19N3O4. The summed E-state index contributed by atoms with van der Waals surface area (Å²) in [6.45, 7) is 3.39. The smallest absolute Gasteiger partial charge is 0.311 e. The van der Waals surface area contributed by atoms with Crippen LogP contribution in [0.2, 0.25) is 0 Å². The molecule has 0 saturated carbocycles. The number of primary amides is 1. The highest BCUT2D eigenvalue weighted by Gasteiger charge is 2.31. The van der Waals surface area contributed by atoms with E-state index in [4.69, 9.17) is 10.5 Å². The fourth-order valence-electron chi connectivity index (χ4n) is 1.54. The summed E-state index contributed by atoms with van der Waals surface area (Å²) in [5.41, 5.74) is 4.91. The van der Waals surface area contributed by atoms with Crippen LogP contribution in [0, 0.1) is 10.1 Å². The molecule has 1 rings (SSSR count). The van der Waals surface area contributed by atoms with Crippen molar-refractivity contribution in [2.75, 3.05) is 13.7 Å². The molecule has 0 saturated heterocycles. The van der Waals surface area contributed by atoms with E-state index >= 15 is 0 Å². The third kappa shape index (κ3) is 3.45. The summed E-state index contributed by atoms with van der Waals surface area (Å²) in [7, 11) is 1.57. The lowest BCUT2D eigenvalue weighted by atomic mass is 10.0. The largest absolute Gasteiger partial charge is 0.484 e. The first kappa shape index (κ1) is 15.9. The molecule has 0 fully saturated rings. The quantitative estimate of drug-likeness (QED) is 0.572. The van der Waals surface area contributed by atoms with Crippen LogP contribution < -0.4 is 15.8 Å². The number of nitro groups is 1. The predicted octanol–water partition coefficient (Wildman–Crippen LogP) is 0.999. The summed E-state index contributed by atoms with van der Waals surface area (Å²) in [5.74, 6) is -0.470. The molecule has 0 heterocycles. The zero-order valence-corrected chi connectivity index (χ0v) is 11.8. The van der Waals surface area contributed by atoms with Gasteiger partial charge in [0.1, 0.15) is 12.1 Å². The second-order valence-electron chi connectivity index (χ2n) is 4.65. The Morgan fingerprint density at radius 3 is 2.65 bits per heavy atom. The number of nitrogens with zero attached hydrogens (tertiary/aromatic N) is 1. The van der Waals surface area contributed by atoms with Gasteiger partial charge in [0.25, 0.3) is 0 Å².